The highest BCUT2D eigenvalue weighted by molar-refractivity contribution is 5.41. The van der Waals surface area contributed by atoms with Crippen molar-refractivity contribution in [1.29, 1.82) is 0 Å². The Bertz CT molecular complexity index is 476. The SMILES string of the molecule is CCCNC(c1ccc2c(c1)CCO2)C1(CC)CCCC1. The maximum Gasteiger partial charge on any atom is 0.122 e. The van der Waals surface area contributed by atoms with Gasteiger partial charge in [0.2, 0.25) is 0 Å². The largest absolute Gasteiger partial charge is 0.493 e. The molecule has 0 amide bonds. The second kappa shape index (κ2) is 6.39. The monoisotopic (exact) mass is 287 g/mol. The Hall–Kier alpha value is -1.02. The van der Waals surface area contributed by atoms with Crippen LogP contribution >= 0.6 is 0 Å². The number of fused-ring (bicyclic) bond motifs is 1. The molecule has 0 bridgehead atoms. The summed E-state index contributed by atoms with van der Waals surface area (Å²) < 4.78 is 5.67. The van der Waals surface area contributed by atoms with Crippen molar-refractivity contribution in [2.45, 2.75) is 64.8 Å². The van der Waals surface area contributed by atoms with E-state index in [1.807, 2.05) is 0 Å². The molecule has 1 N–H and O–H groups in total. The maximum atomic E-state index is 5.67. The van der Waals surface area contributed by atoms with Crippen molar-refractivity contribution in [2.24, 2.45) is 5.41 Å². The summed E-state index contributed by atoms with van der Waals surface area (Å²) in [6.07, 6.45) is 9.09. The fourth-order valence-electron chi connectivity index (χ4n) is 4.29. The van der Waals surface area contributed by atoms with Crippen LogP contribution in [0.3, 0.4) is 0 Å². The van der Waals surface area contributed by atoms with Gasteiger partial charge in [0.15, 0.2) is 0 Å². The number of benzene rings is 1. The Morgan fingerprint density at radius 1 is 1.24 bits per heavy atom. The molecule has 1 aromatic rings. The van der Waals surface area contributed by atoms with E-state index in [0.717, 1.165) is 25.3 Å². The van der Waals surface area contributed by atoms with E-state index in [1.165, 1.54) is 49.7 Å². The zero-order chi connectivity index (χ0) is 14.7. The van der Waals surface area contributed by atoms with Gasteiger partial charge >= 0.3 is 0 Å². The van der Waals surface area contributed by atoms with Crippen molar-refractivity contribution in [2.75, 3.05) is 13.2 Å². The van der Waals surface area contributed by atoms with Gasteiger partial charge in [-0.2, -0.15) is 0 Å². The van der Waals surface area contributed by atoms with Crippen LogP contribution in [-0.2, 0) is 6.42 Å². The molecule has 1 saturated carbocycles. The molecule has 1 aliphatic heterocycles. The normalized spacial score (nSPS) is 21.0. The third kappa shape index (κ3) is 2.83. The molecule has 2 heteroatoms. The quantitative estimate of drug-likeness (QED) is 0.823. The van der Waals surface area contributed by atoms with Gasteiger partial charge in [0.25, 0.3) is 0 Å². The van der Waals surface area contributed by atoms with Crippen LogP contribution in [0, 0.1) is 5.41 Å². The molecule has 0 aromatic heterocycles. The molecule has 21 heavy (non-hydrogen) atoms. The van der Waals surface area contributed by atoms with Crippen molar-refractivity contribution < 1.29 is 4.74 Å². The fourth-order valence-corrected chi connectivity index (χ4v) is 4.29. The zero-order valence-corrected chi connectivity index (χ0v) is 13.6. The first-order valence-corrected chi connectivity index (χ1v) is 8.78. The van der Waals surface area contributed by atoms with Crippen LogP contribution in [0.15, 0.2) is 18.2 Å². The minimum atomic E-state index is 0.461. The van der Waals surface area contributed by atoms with E-state index in [1.54, 1.807) is 0 Å². The van der Waals surface area contributed by atoms with Crippen molar-refractivity contribution >= 4 is 0 Å². The van der Waals surface area contributed by atoms with E-state index in [4.69, 9.17) is 4.74 Å². The fraction of sp³-hybridized carbons (Fsp3) is 0.684. The Balaban J connectivity index is 1.91. The minimum absolute atomic E-state index is 0.461. The number of ether oxygens (including phenoxy) is 1. The van der Waals surface area contributed by atoms with Gasteiger partial charge in [-0.1, -0.05) is 38.8 Å². The average molecular weight is 287 g/mol. The number of nitrogens with one attached hydrogen (secondary N) is 1. The molecule has 0 saturated heterocycles. The lowest BCUT2D eigenvalue weighted by Gasteiger charge is -2.38. The highest BCUT2D eigenvalue weighted by Gasteiger charge is 2.40. The predicted octanol–water partition coefficient (Wildman–Crippen LogP) is 4.63. The molecule has 1 unspecified atom stereocenters. The topological polar surface area (TPSA) is 21.3 Å². The molecule has 1 atom stereocenters. The molecule has 0 radical (unpaired) electrons. The first-order valence-electron chi connectivity index (χ1n) is 8.78. The van der Waals surface area contributed by atoms with Crippen LogP contribution in [0.2, 0.25) is 0 Å². The van der Waals surface area contributed by atoms with Crippen molar-refractivity contribution in [3.05, 3.63) is 29.3 Å². The Kier molecular flexibility index (Phi) is 4.54. The van der Waals surface area contributed by atoms with Gasteiger partial charge in [-0.3, -0.25) is 0 Å². The van der Waals surface area contributed by atoms with Gasteiger partial charge in [0, 0.05) is 12.5 Å². The summed E-state index contributed by atoms with van der Waals surface area (Å²) in [4.78, 5) is 0. The van der Waals surface area contributed by atoms with E-state index >= 15 is 0 Å². The third-order valence-electron chi connectivity index (χ3n) is 5.56. The second-order valence-electron chi connectivity index (χ2n) is 6.78. The molecule has 1 aromatic carbocycles. The van der Waals surface area contributed by atoms with Crippen LogP contribution in [0.1, 0.15) is 69.5 Å². The van der Waals surface area contributed by atoms with Crippen LogP contribution in [0.5, 0.6) is 5.75 Å². The van der Waals surface area contributed by atoms with Crippen LogP contribution in [-0.4, -0.2) is 13.2 Å². The molecule has 1 aliphatic carbocycles. The van der Waals surface area contributed by atoms with Gasteiger partial charge in [-0.05, 0) is 54.8 Å². The predicted molar refractivity (Wildman–Crippen MR) is 87.9 cm³/mol. The molecule has 1 heterocycles. The van der Waals surface area contributed by atoms with Gasteiger partial charge in [0.1, 0.15) is 5.75 Å². The van der Waals surface area contributed by atoms with E-state index in [-0.39, 0.29) is 0 Å². The van der Waals surface area contributed by atoms with Gasteiger partial charge in [-0.15, -0.1) is 0 Å². The average Bonchev–Trinajstić information content (AvgIpc) is 3.16. The van der Waals surface area contributed by atoms with Crippen molar-refractivity contribution in [3.8, 4) is 5.75 Å². The lowest BCUT2D eigenvalue weighted by atomic mass is 9.73. The summed E-state index contributed by atoms with van der Waals surface area (Å²) in [5.41, 5.74) is 3.35. The summed E-state index contributed by atoms with van der Waals surface area (Å²) >= 11 is 0. The molecule has 0 spiro atoms. The van der Waals surface area contributed by atoms with Crippen molar-refractivity contribution in [1.82, 2.24) is 5.32 Å². The van der Waals surface area contributed by atoms with Crippen molar-refractivity contribution in [3.63, 3.8) is 0 Å². The Morgan fingerprint density at radius 3 is 2.76 bits per heavy atom. The molecule has 1 fully saturated rings. The summed E-state index contributed by atoms with van der Waals surface area (Å²) in [7, 11) is 0. The molecule has 2 nitrogen and oxygen atoms in total. The van der Waals surface area contributed by atoms with Crippen LogP contribution < -0.4 is 10.1 Å². The highest BCUT2D eigenvalue weighted by atomic mass is 16.5. The number of rotatable bonds is 6. The van der Waals surface area contributed by atoms with E-state index < -0.39 is 0 Å². The lowest BCUT2D eigenvalue weighted by Crippen LogP contribution is -2.36. The van der Waals surface area contributed by atoms with Crippen LogP contribution in [0.4, 0.5) is 0 Å². The maximum absolute atomic E-state index is 5.67. The molecular formula is C19H29NO. The highest BCUT2D eigenvalue weighted by Crippen LogP contribution is 2.50. The molecule has 116 valence electrons. The summed E-state index contributed by atoms with van der Waals surface area (Å²) in [6.45, 7) is 6.60. The summed E-state index contributed by atoms with van der Waals surface area (Å²) in [5, 5.41) is 3.87. The molecular weight excluding hydrogens is 258 g/mol. The van der Waals surface area contributed by atoms with Gasteiger partial charge < -0.3 is 10.1 Å². The van der Waals surface area contributed by atoms with E-state index in [9.17, 15) is 0 Å². The van der Waals surface area contributed by atoms with E-state index in [0.29, 0.717) is 11.5 Å². The summed E-state index contributed by atoms with van der Waals surface area (Å²) in [5.74, 6) is 1.10. The van der Waals surface area contributed by atoms with Gasteiger partial charge in [-0.25, -0.2) is 0 Å². The number of hydrogen-bond acceptors (Lipinski definition) is 2. The Labute approximate surface area is 129 Å². The van der Waals surface area contributed by atoms with Crippen LogP contribution in [0.25, 0.3) is 0 Å². The lowest BCUT2D eigenvalue weighted by molar-refractivity contribution is 0.187. The van der Waals surface area contributed by atoms with E-state index in [2.05, 4.69) is 37.4 Å². The Morgan fingerprint density at radius 2 is 2.05 bits per heavy atom. The summed E-state index contributed by atoms with van der Waals surface area (Å²) in [6, 6.07) is 7.41. The second-order valence-corrected chi connectivity index (χ2v) is 6.78. The first-order chi connectivity index (χ1) is 10.3. The zero-order valence-electron chi connectivity index (χ0n) is 13.6. The van der Waals surface area contributed by atoms with Gasteiger partial charge in [0.05, 0.1) is 6.61 Å². The smallest absolute Gasteiger partial charge is 0.122 e. The minimum Gasteiger partial charge on any atom is -0.493 e. The third-order valence-corrected chi connectivity index (χ3v) is 5.56. The molecule has 2 aliphatic rings. The molecule has 3 rings (SSSR count). The number of hydrogen-bond donors (Lipinski definition) is 1. The first kappa shape index (κ1) is 14.9. The standard InChI is InChI=1S/C19H29NO/c1-3-12-20-18(19(4-2)10-5-6-11-19)16-7-8-17-15(14-16)9-13-21-17/h7-8,14,18,20H,3-6,9-13H2,1-2H3.